The highest BCUT2D eigenvalue weighted by Gasteiger charge is 2.32. The molecule has 0 unspecified atom stereocenters. The van der Waals surface area contributed by atoms with Gasteiger partial charge in [0.25, 0.3) is 5.91 Å². The lowest BCUT2D eigenvalue weighted by molar-refractivity contribution is -0.113. The lowest BCUT2D eigenvalue weighted by Gasteiger charge is -2.29. The number of para-hydroxylation sites is 2. The first kappa shape index (κ1) is 20.1. The molecule has 0 aliphatic carbocycles. The van der Waals surface area contributed by atoms with Gasteiger partial charge in [0, 0.05) is 11.8 Å². The minimum Gasteiger partial charge on any atom is -0.497 e. The number of benzene rings is 2. The average molecular weight is 397 g/mol. The van der Waals surface area contributed by atoms with E-state index in [0.29, 0.717) is 39.8 Å². The zero-order valence-corrected chi connectivity index (χ0v) is 16.7. The topological polar surface area (TPSA) is 97.9 Å². The smallest absolute Gasteiger partial charge is 0.319 e. The number of amides is 3. The summed E-state index contributed by atoms with van der Waals surface area (Å²) >= 11 is 0. The predicted octanol–water partition coefficient (Wildman–Crippen LogP) is 2.98. The summed E-state index contributed by atoms with van der Waals surface area (Å²) in [5.41, 5.74) is 2.00. The number of allylic oxidation sites excluding steroid dienone is 1. The van der Waals surface area contributed by atoms with E-state index in [1.165, 1.54) is 21.3 Å². The van der Waals surface area contributed by atoms with Crippen molar-refractivity contribution in [1.29, 1.82) is 0 Å². The number of hydrogen-bond donors (Lipinski definition) is 3. The van der Waals surface area contributed by atoms with Crippen LogP contribution < -0.4 is 30.2 Å². The van der Waals surface area contributed by atoms with Crippen LogP contribution in [-0.2, 0) is 4.79 Å². The molecule has 1 aliphatic heterocycles. The Labute approximate surface area is 168 Å². The molecule has 2 aromatic carbocycles. The Hall–Kier alpha value is -3.68. The molecular weight excluding hydrogens is 374 g/mol. The fourth-order valence-electron chi connectivity index (χ4n) is 3.18. The van der Waals surface area contributed by atoms with Gasteiger partial charge in [-0.1, -0.05) is 12.1 Å². The van der Waals surface area contributed by atoms with Gasteiger partial charge < -0.3 is 30.2 Å². The molecule has 3 amide bonds. The number of nitrogens with one attached hydrogen (secondary N) is 3. The van der Waals surface area contributed by atoms with Crippen molar-refractivity contribution in [3.63, 3.8) is 0 Å². The Morgan fingerprint density at radius 2 is 1.66 bits per heavy atom. The molecular formula is C21H23N3O5. The number of methoxy groups -OCH3 is 3. The molecule has 1 aliphatic rings. The molecule has 1 heterocycles. The molecule has 0 saturated heterocycles. The molecule has 1 atom stereocenters. The highest BCUT2D eigenvalue weighted by molar-refractivity contribution is 6.07. The minimum atomic E-state index is -0.692. The quantitative estimate of drug-likeness (QED) is 0.696. The van der Waals surface area contributed by atoms with Crippen LogP contribution in [0, 0.1) is 0 Å². The molecule has 152 valence electrons. The molecule has 3 N–H and O–H groups in total. The number of urea groups is 1. The van der Waals surface area contributed by atoms with Gasteiger partial charge in [-0.25, -0.2) is 4.79 Å². The van der Waals surface area contributed by atoms with Crippen LogP contribution in [-0.4, -0.2) is 33.3 Å². The van der Waals surface area contributed by atoms with E-state index in [4.69, 9.17) is 14.2 Å². The molecule has 2 aromatic rings. The molecule has 0 fully saturated rings. The second-order valence-corrected chi connectivity index (χ2v) is 6.37. The van der Waals surface area contributed by atoms with Crippen LogP contribution in [0.5, 0.6) is 17.2 Å². The van der Waals surface area contributed by atoms with Crippen molar-refractivity contribution in [2.45, 2.75) is 13.0 Å². The minimum absolute atomic E-state index is 0.366. The van der Waals surface area contributed by atoms with Crippen LogP contribution >= 0.6 is 0 Å². The van der Waals surface area contributed by atoms with E-state index >= 15 is 0 Å². The van der Waals surface area contributed by atoms with Crippen molar-refractivity contribution in [2.24, 2.45) is 0 Å². The molecule has 29 heavy (non-hydrogen) atoms. The lowest BCUT2D eigenvalue weighted by Crippen LogP contribution is -2.46. The van der Waals surface area contributed by atoms with Gasteiger partial charge in [-0.15, -0.1) is 0 Å². The number of carbonyl (C=O) groups excluding carboxylic acids is 2. The first-order valence-electron chi connectivity index (χ1n) is 8.92. The summed E-state index contributed by atoms with van der Waals surface area (Å²) in [5.74, 6) is 1.27. The van der Waals surface area contributed by atoms with Crippen molar-refractivity contribution in [3.8, 4) is 17.2 Å². The van der Waals surface area contributed by atoms with Crippen molar-refractivity contribution >= 4 is 17.6 Å². The van der Waals surface area contributed by atoms with E-state index in [1.807, 2.05) is 6.07 Å². The van der Waals surface area contributed by atoms with Gasteiger partial charge in [0.1, 0.15) is 17.2 Å². The molecule has 0 spiro atoms. The molecule has 8 heteroatoms. The number of hydrogen-bond acceptors (Lipinski definition) is 5. The molecule has 0 bridgehead atoms. The molecule has 0 saturated carbocycles. The van der Waals surface area contributed by atoms with Gasteiger partial charge >= 0.3 is 6.03 Å². The normalized spacial score (nSPS) is 15.9. The number of ether oxygens (including phenoxy) is 3. The summed E-state index contributed by atoms with van der Waals surface area (Å²) in [7, 11) is 4.61. The first-order chi connectivity index (χ1) is 14.0. The van der Waals surface area contributed by atoms with E-state index in [-0.39, 0.29) is 5.91 Å². The average Bonchev–Trinajstić information content (AvgIpc) is 2.72. The highest BCUT2D eigenvalue weighted by Crippen LogP contribution is 2.33. The second kappa shape index (κ2) is 8.55. The van der Waals surface area contributed by atoms with Crippen molar-refractivity contribution in [3.05, 3.63) is 59.3 Å². The fraction of sp³-hybridized carbons (Fsp3) is 0.238. The third-order valence-electron chi connectivity index (χ3n) is 4.58. The zero-order chi connectivity index (χ0) is 21.0. The van der Waals surface area contributed by atoms with E-state index in [9.17, 15) is 9.59 Å². The summed E-state index contributed by atoms with van der Waals surface area (Å²) in [6.45, 7) is 1.68. The fourth-order valence-corrected chi connectivity index (χ4v) is 3.18. The van der Waals surface area contributed by atoms with Crippen molar-refractivity contribution in [2.75, 3.05) is 26.6 Å². The zero-order valence-electron chi connectivity index (χ0n) is 16.7. The monoisotopic (exact) mass is 397 g/mol. The Morgan fingerprint density at radius 3 is 2.28 bits per heavy atom. The largest absolute Gasteiger partial charge is 0.497 e. The number of anilines is 1. The number of carbonyl (C=O) groups is 2. The van der Waals surface area contributed by atoms with E-state index in [0.717, 1.165) is 0 Å². The third-order valence-corrected chi connectivity index (χ3v) is 4.58. The Balaban J connectivity index is 2.01. The Morgan fingerprint density at radius 1 is 1.00 bits per heavy atom. The van der Waals surface area contributed by atoms with Gasteiger partial charge in [-0.3, -0.25) is 4.79 Å². The van der Waals surface area contributed by atoms with Gasteiger partial charge in [0.2, 0.25) is 0 Å². The van der Waals surface area contributed by atoms with Crippen LogP contribution in [0.2, 0.25) is 0 Å². The van der Waals surface area contributed by atoms with Crippen LogP contribution in [0.25, 0.3) is 0 Å². The summed E-state index contributed by atoms with van der Waals surface area (Å²) in [5, 5.41) is 8.31. The van der Waals surface area contributed by atoms with E-state index in [1.54, 1.807) is 43.3 Å². The molecule has 3 rings (SSSR count). The van der Waals surface area contributed by atoms with Crippen molar-refractivity contribution < 1.29 is 23.8 Å². The first-order valence-corrected chi connectivity index (χ1v) is 8.92. The van der Waals surface area contributed by atoms with Crippen LogP contribution in [0.15, 0.2) is 53.7 Å². The molecule has 0 radical (unpaired) electrons. The Kier molecular flexibility index (Phi) is 5.92. The molecule has 8 nitrogen and oxygen atoms in total. The van der Waals surface area contributed by atoms with Gasteiger partial charge in [-0.2, -0.15) is 0 Å². The van der Waals surface area contributed by atoms with Crippen molar-refractivity contribution in [1.82, 2.24) is 10.6 Å². The highest BCUT2D eigenvalue weighted by atomic mass is 16.5. The summed E-state index contributed by atoms with van der Waals surface area (Å²) in [6, 6.07) is 11.2. The number of rotatable bonds is 6. The van der Waals surface area contributed by atoms with Gasteiger partial charge in [0.05, 0.1) is 38.6 Å². The maximum absolute atomic E-state index is 13.2. The predicted molar refractivity (Wildman–Crippen MR) is 108 cm³/mol. The third kappa shape index (κ3) is 4.26. The van der Waals surface area contributed by atoms with Gasteiger partial charge in [-0.05, 0) is 36.8 Å². The van der Waals surface area contributed by atoms with Gasteiger partial charge in [0.15, 0.2) is 0 Å². The summed E-state index contributed by atoms with van der Waals surface area (Å²) in [4.78, 5) is 25.3. The van der Waals surface area contributed by atoms with E-state index in [2.05, 4.69) is 16.0 Å². The standard InChI is InChI=1S/C21H23N3O5/c1-12-18(20(25)23-16-7-5-6-8-17(16)29-4)19(24-21(26)22-12)13-9-14(27-2)11-15(10-13)28-3/h5-11,19H,1-4H3,(H,23,25)(H2,22,24,26)/t19-/m0/s1. The summed E-state index contributed by atoms with van der Waals surface area (Å²) in [6.07, 6.45) is 0. The SMILES string of the molecule is COc1cc(OC)cc([C@@H]2NC(=O)NC(C)=C2C(=O)Nc2ccccc2OC)c1. The summed E-state index contributed by atoms with van der Waals surface area (Å²) < 4.78 is 15.9. The maximum atomic E-state index is 13.2. The van der Waals surface area contributed by atoms with E-state index < -0.39 is 12.1 Å². The lowest BCUT2D eigenvalue weighted by atomic mass is 9.94. The maximum Gasteiger partial charge on any atom is 0.319 e. The second-order valence-electron chi connectivity index (χ2n) is 6.37. The molecule has 0 aromatic heterocycles. The van der Waals surface area contributed by atoms with Crippen LogP contribution in [0.1, 0.15) is 18.5 Å². The van der Waals surface area contributed by atoms with Crippen LogP contribution in [0.3, 0.4) is 0 Å². The Bertz CT molecular complexity index is 948. The van der Waals surface area contributed by atoms with Crippen LogP contribution in [0.4, 0.5) is 10.5 Å².